The van der Waals surface area contributed by atoms with Gasteiger partial charge in [-0.05, 0) is 23.8 Å². The van der Waals surface area contributed by atoms with E-state index >= 15 is 0 Å². The molecule has 0 aliphatic heterocycles. The molecule has 0 saturated heterocycles. The molecule has 2 aromatic rings. The molecule has 6 heteroatoms. The normalized spacial score (nSPS) is 10.1. The van der Waals surface area contributed by atoms with Gasteiger partial charge in [0.2, 0.25) is 0 Å². The Bertz CT molecular complexity index is 543. The highest BCUT2D eigenvalue weighted by Gasteiger charge is 2.03. The fraction of sp³-hybridized carbons (Fsp3) is 0.214. The molecule has 3 N–H and O–H groups in total. The number of hydrogen-bond donors (Lipinski definition) is 2. The summed E-state index contributed by atoms with van der Waals surface area (Å²) in [6.45, 7) is 0.809. The van der Waals surface area contributed by atoms with Crippen LogP contribution in [0.1, 0.15) is 11.3 Å². The van der Waals surface area contributed by atoms with Gasteiger partial charge in [-0.2, -0.15) is 0 Å². The third-order valence-corrected chi connectivity index (χ3v) is 2.64. The fourth-order valence-corrected chi connectivity index (χ4v) is 1.53. The summed E-state index contributed by atoms with van der Waals surface area (Å²) in [5, 5.41) is 2.72. The molecule has 1 amide bonds. The highest BCUT2D eigenvalue weighted by Crippen LogP contribution is 2.11. The minimum atomic E-state index is -0.202. The van der Waals surface area contributed by atoms with Gasteiger partial charge < -0.3 is 15.8 Å². The predicted octanol–water partition coefficient (Wildman–Crippen LogP) is 0.630. The number of carbonyl (C=O) groups is 1. The van der Waals surface area contributed by atoms with Gasteiger partial charge in [0.25, 0.3) is 5.91 Å². The molecule has 0 spiro atoms. The molecule has 6 nitrogen and oxygen atoms in total. The lowest BCUT2D eigenvalue weighted by atomic mass is 10.2. The van der Waals surface area contributed by atoms with Crippen molar-refractivity contribution in [3.63, 3.8) is 0 Å². The number of nitrogens with zero attached hydrogens (tertiary/aromatic N) is 2. The van der Waals surface area contributed by atoms with E-state index in [0.717, 1.165) is 11.3 Å². The molecular weight excluding hydrogens is 256 g/mol. The van der Waals surface area contributed by atoms with Crippen molar-refractivity contribution < 1.29 is 9.53 Å². The van der Waals surface area contributed by atoms with E-state index in [1.807, 2.05) is 12.1 Å². The number of nitrogens with two attached hydrogens (primary N) is 1. The van der Waals surface area contributed by atoms with Crippen LogP contribution in [0.4, 0.5) is 0 Å². The number of hydrogen-bond acceptors (Lipinski definition) is 5. The van der Waals surface area contributed by atoms with Gasteiger partial charge in [-0.3, -0.25) is 4.79 Å². The smallest absolute Gasteiger partial charge is 0.258 e. The largest absolute Gasteiger partial charge is 0.484 e. The number of amides is 1. The number of nitrogens with one attached hydrogen (secondary N) is 1. The molecule has 0 unspecified atom stereocenters. The van der Waals surface area contributed by atoms with Gasteiger partial charge in [-0.1, -0.05) is 12.1 Å². The minimum absolute atomic E-state index is 0.0347. The second kappa shape index (κ2) is 7.20. The first-order valence-electron chi connectivity index (χ1n) is 6.21. The summed E-state index contributed by atoms with van der Waals surface area (Å²) in [7, 11) is 0. The van der Waals surface area contributed by atoms with Gasteiger partial charge in [-0.15, -0.1) is 0 Å². The Morgan fingerprint density at radius 1 is 1.25 bits per heavy atom. The summed E-state index contributed by atoms with van der Waals surface area (Å²) < 4.78 is 5.37. The Kier molecular flexibility index (Phi) is 5.02. The topological polar surface area (TPSA) is 90.1 Å². The van der Waals surface area contributed by atoms with Gasteiger partial charge in [0, 0.05) is 12.7 Å². The summed E-state index contributed by atoms with van der Waals surface area (Å²) in [5.74, 6) is 0.436. The summed E-state index contributed by atoms with van der Waals surface area (Å²) in [4.78, 5) is 19.4. The maximum Gasteiger partial charge on any atom is 0.258 e. The highest BCUT2D eigenvalue weighted by atomic mass is 16.5. The van der Waals surface area contributed by atoms with E-state index < -0.39 is 0 Å². The maximum atomic E-state index is 11.6. The second-order valence-corrected chi connectivity index (χ2v) is 4.11. The average Bonchev–Trinajstić information content (AvgIpc) is 2.52. The summed E-state index contributed by atoms with van der Waals surface area (Å²) in [6, 6.07) is 9.06. The Morgan fingerprint density at radius 3 is 2.70 bits per heavy atom. The molecule has 2 rings (SSSR count). The molecule has 1 heterocycles. The Morgan fingerprint density at radius 2 is 2.05 bits per heavy atom. The van der Waals surface area contributed by atoms with Crippen molar-refractivity contribution in [3.05, 3.63) is 54.1 Å². The van der Waals surface area contributed by atoms with Crippen molar-refractivity contribution >= 4 is 5.91 Å². The maximum absolute atomic E-state index is 11.6. The summed E-state index contributed by atoms with van der Waals surface area (Å²) >= 11 is 0. The number of carbonyl (C=O) groups excluding carboxylic acids is 1. The zero-order valence-corrected chi connectivity index (χ0v) is 11.0. The molecule has 1 aromatic carbocycles. The second-order valence-electron chi connectivity index (χ2n) is 4.11. The lowest BCUT2D eigenvalue weighted by Crippen LogP contribution is -2.28. The number of aromatic nitrogens is 2. The molecule has 20 heavy (non-hydrogen) atoms. The van der Waals surface area contributed by atoms with Crippen LogP contribution in [0.3, 0.4) is 0 Å². The van der Waals surface area contributed by atoms with Crippen LogP contribution in [0.2, 0.25) is 0 Å². The quantitative estimate of drug-likeness (QED) is 0.805. The zero-order valence-electron chi connectivity index (χ0n) is 11.0. The van der Waals surface area contributed by atoms with E-state index in [2.05, 4.69) is 15.3 Å². The van der Waals surface area contributed by atoms with Crippen LogP contribution in [0, 0.1) is 0 Å². The fourth-order valence-electron chi connectivity index (χ4n) is 1.53. The van der Waals surface area contributed by atoms with Gasteiger partial charge >= 0.3 is 0 Å². The lowest BCUT2D eigenvalue weighted by Gasteiger charge is -2.07. The van der Waals surface area contributed by atoms with Gasteiger partial charge in [0.1, 0.15) is 12.1 Å². The van der Waals surface area contributed by atoms with Crippen LogP contribution in [-0.4, -0.2) is 22.5 Å². The van der Waals surface area contributed by atoms with Crippen molar-refractivity contribution in [1.29, 1.82) is 0 Å². The number of ether oxygens (including phenoxy) is 1. The van der Waals surface area contributed by atoms with Crippen molar-refractivity contribution in [3.8, 4) is 5.75 Å². The number of benzene rings is 1. The molecule has 0 fully saturated rings. The molecule has 0 aliphatic rings. The lowest BCUT2D eigenvalue weighted by molar-refractivity contribution is -0.123. The van der Waals surface area contributed by atoms with Crippen molar-refractivity contribution in [2.45, 2.75) is 13.1 Å². The first-order valence-corrected chi connectivity index (χ1v) is 6.21. The average molecular weight is 272 g/mol. The van der Waals surface area contributed by atoms with Crippen molar-refractivity contribution in [2.75, 3.05) is 6.61 Å². The van der Waals surface area contributed by atoms with Crippen molar-refractivity contribution in [2.24, 2.45) is 5.73 Å². The van der Waals surface area contributed by atoms with E-state index in [0.29, 0.717) is 18.8 Å². The third kappa shape index (κ3) is 4.33. The Labute approximate surface area is 117 Å². The highest BCUT2D eigenvalue weighted by molar-refractivity contribution is 5.77. The van der Waals surface area contributed by atoms with Crippen LogP contribution in [0.5, 0.6) is 5.75 Å². The van der Waals surface area contributed by atoms with Gasteiger partial charge in [0.05, 0.1) is 12.2 Å². The standard InChI is InChI=1S/C14H16N4O2/c15-7-11-1-3-13(4-2-11)20-9-14(19)17-8-12-5-6-16-10-18-12/h1-6,10H,7-9,15H2,(H,17,19). The van der Waals surface area contributed by atoms with E-state index in [1.54, 1.807) is 24.4 Å². The summed E-state index contributed by atoms with van der Waals surface area (Å²) in [5.41, 5.74) is 7.27. The van der Waals surface area contributed by atoms with E-state index in [4.69, 9.17) is 10.5 Å². The first kappa shape index (κ1) is 14.0. The van der Waals surface area contributed by atoms with Gasteiger partial charge in [0.15, 0.2) is 6.61 Å². The summed E-state index contributed by atoms with van der Waals surface area (Å²) in [6.07, 6.45) is 3.07. The SMILES string of the molecule is NCc1ccc(OCC(=O)NCc2ccncn2)cc1. The minimum Gasteiger partial charge on any atom is -0.484 e. The predicted molar refractivity (Wildman–Crippen MR) is 73.7 cm³/mol. The monoisotopic (exact) mass is 272 g/mol. The molecule has 0 bridgehead atoms. The molecule has 0 aliphatic carbocycles. The first-order chi connectivity index (χ1) is 9.78. The Balaban J connectivity index is 1.74. The van der Waals surface area contributed by atoms with Crippen LogP contribution in [-0.2, 0) is 17.9 Å². The Hall–Kier alpha value is -2.47. The van der Waals surface area contributed by atoms with Crippen molar-refractivity contribution in [1.82, 2.24) is 15.3 Å². The molecule has 0 atom stereocenters. The van der Waals surface area contributed by atoms with Crippen LogP contribution >= 0.6 is 0 Å². The number of rotatable bonds is 6. The van der Waals surface area contributed by atoms with Crippen LogP contribution in [0.25, 0.3) is 0 Å². The van der Waals surface area contributed by atoms with E-state index in [-0.39, 0.29) is 12.5 Å². The van der Waals surface area contributed by atoms with Crippen LogP contribution < -0.4 is 15.8 Å². The molecular formula is C14H16N4O2. The zero-order chi connectivity index (χ0) is 14.2. The van der Waals surface area contributed by atoms with E-state index in [1.165, 1.54) is 6.33 Å². The third-order valence-electron chi connectivity index (χ3n) is 2.64. The molecule has 1 aromatic heterocycles. The molecule has 0 radical (unpaired) electrons. The van der Waals surface area contributed by atoms with Gasteiger partial charge in [-0.25, -0.2) is 9.97 Å². The van der Waals surface area contributed by atoms with Crippen LogP contribution in [0.15, 0.2) is 42.9 Å². The molecule has 104 valence electrons. The molecule has 0 saturated carbocycles. The van der Waals surface area contributed by atoms with E-state index in [9.17, 15) is 4.79 Å².